The lowest BCUT2D eigenvalue weighted by Crippen LogP contribution is -2.07. The van der Waals surface area contributed by atoms with Crippen molar-refractivity contribution in [3.8, 4) is 0 Å². The fourth-order valence-electron chi connectivity index (χ4n) is 1.67. The van der Waals surface area contributed by atoms with Crippen LogP contribution >= 0.6 is 35.0 Å². The van der Waals surface area contributed by atoms with Gasteiger partial charge in [-0.3, -0.25) is 4.79 Å². The number of esters is 1. The highest BCUT2D eigenvalue weighted by atomic mass is 35.5. The summed E-state index contributed by atoms with van der Waals surface area (Å²) in [5.41, 5.74) is 1.04. The molecule has 0 radical (unpaired) electrons. The highest BCUT2D eigenvalue weighted by Gasteiger charge is 2.08. The Hall–Kier alpha value is -1.50. The van der Waals surface area contributed by atoms with Crippen LogP contribution in [-0.4, -0.2) is 28.3 Å². The Morgan fingerprint density at radius 3 is 2.70 bits per heavy atom. The maximum Gasteiger partial charge on any atom is 0.316 e. The minimum Gasteiger partial charge on any atom is -0.465 e. The molecular weight excluding hydrogens is 357 g/mol. The van der Waals surface area contributed by atoms with Gasteiger partial charge in [0.15, 0.2) is 0 Å². The lowest BCUT2D eigenvalue weighted by Gasteiger charge is -2.07. The molecule has 1 N–H and O–H groups in total. The third-order valence-electron chi connectivity index (χ3n) is 2.68. The summed E-state index contributed by atoms with van der Waals surface area (Å²) >= 11 is 13.1. The van der Waals surface area contributed by atoms with Gasteiger partial charge in [0.05, 0.1) is 12.4 Å². The molecule has 5 nitrogen and oxygen atoms in total. The number of nitrogens with zero attached hydrogens (tertiary/aromatic N) is 2. The molecular formula is C15H15Cl2N3O2S. The number of halogens is 2. The van der Waals surface area contributed by atoms with Crippen LogP contribution in [0.2, 0.25) is 10.2 Å². The first-order valence-corrected chi connectivity index (χ1v) is 8.62. The molecule has 2 aromatic rings. The number of nitrogens with one attached hydrogen (secondary N) is 1. The number of carbonyl (C=O) groups excluding carboxylic acids is 1. The Bertz CT molecular complexity index is 668. The van der Waals surface area contributed by atoms with Gasteiger partial charge in [-0.1, -0.05) is 47.1 Å². The van der Waals surface area contributed by atoms with Crippen molar-refractivity contribution in [1.29, 1.82) is 0 Å². The maximum absolute atomic E-state index is 11.4. The van der Waals surface area contributed by atoms with Gasteiger partial charge in [-0.15, -0.1) is 0 Å². The molecule has 8 heteroatoms. The van der Waals surface area contributed by atoms with Crippen LogP contribution in [0, 0.1) is 0 Å². The number of ether oxygens (including phenoxy) is 1. The molecule has 0 spiro atoms. The molecule has 0 bridgehead atoms. The van der Waals surface area contributed by atoms with Crippen LogP contribution in [-0.2, 0) is 16.1 Å². The van der Waals surface area contributed by atoms with Gasteiger partial charge in [0.1, 0.15) is 10.2 Å². The van der Waals surface area contributed by atoms with E-state index >= 15 is 0 Å². The summed E-state index contributed by atoms with van der Waals surface area (Å²) in [7, 11) is 0. The Morgan fingerprint density at radius 1 is 1.26 bits per heavy atom. The second-order valence-electron chi connectivity index (χ2n) is 4.43. The van der Waals surface area contributed by atoms with E-state index in [4.69, 9.17) is 27.9 Å². The highest BCUT2D eigenvalue weighted by molar-refractivity contribution is 7.99. The van der Waals surface area contributed by atoms with Crippen LogP contribution in [0.5, 0.6) is 0 Å². The predicted molar refractivity (Wildman–Crippen MR) is 93.2 cm³/mol. The second-order valence-corrected chi connectivity index (χ2v) is 6.25. The molecule has 2 rings (SSSR count). The fourth-order valence-corrected chi connectivity index (χ4v) is 2.74. The highest BCUT2D eigenvalue weighted by Crippen LogP contribution is 2.21. The normalized spacial score (nSPS) is 10.4. The molecule has 0 saturated carbocycles. The van der Waals surface area contributed by atoms with Crippen molar-refractivity contribution in [2.24, 2.45) is 0 Å². The molecule has 0 atom stereocenters. The van der Waals surface area contributed by atoms with Crippen LogP contribution in [0.25, 0.3) is 0 Å². The summed E-state index contributed by atoms with van der Waals surface area (Å²) in [6.07, 6.45) is 0. The average Bonchev–Trinajstić information content (AvgIpc) is 2.52. The molecule has 1 heterocycles. The van der Waals surface area contributed by atoms with Crippen LogP contribution in [0.3, 0.4) is 0 Å². The van der Waals surface area contributed by atoms with E-state index in [-0.39, 0.29) is 11.7 Å². The van der Waals surface area contributed by atoms with Gasteiger partial charge in [0, 0.05) is 17.6 Å². The standard InChI is InChI=1S/C15H15Cl2N3O2S/c1-2-22-14(21)9-23-13-7-12(17)19-15(20-13)18-8-10-3-5-11(16)6-4-10/h3-7H,2,8-9H2,1H3,(H,18,19,20). The predicted octanol–water partition coefficient (Wildman–Crippen LogP) is 4.05. The monoisotopic (exact) mass is 371 g/mol. The summed E-state index contributed by atoms with van der Waals surface area (Å²) < 4.78 is 4.88. The number of rotatable bonds is 7. The first-order valence-electron chi connectivity index (χ1n) is 6.88. The number of hydrogen-bond acceptors (Lipinski definition) is 6. The quantitative estimate of drug-likeness (QED) is 0.449. The molecule has 0 aliphatic heterocycles. The van der Waals surface area contributed by atoms with Crippen molar-refractivity contribution in [3.05, 3.63) is 46.1 Å². The maximum atomic E-state index is 11.4. The number of hydrogen-bond donors (Lipinski definition) is 1. The SMILES string of the molecule is CCOC(=O)CSc1cc(Cl)nc(NCc2ccc(Cl)cc2)n1. The number of anilines is 1. The number of carbonyl (C=O) groups is 1. The molecule has 0 saturated heterocycles. The van der Waals surface area contributed by atoms with Crippen molar-refractivity contribution >= 4 is 46.9 Å². The van der Waals surface area contributed by atoms with Gasteiger partial charge in [-0.25, -0.2) is 9.97 Å². The molecule has 0 unspecified atom stereocenters. The second kappa shape index (κ2) is 8.96. The van der Waals surface area contributed by atoms with Crippen molar-refractivity contribution < 1.29 is 9.53 Å². The van der Waals surface area contributed by atoms with Crippen LogP contribution in [0.1, 0.15) is 12.5 Å². The van der Waals surface area contributed by atoms with E-state index in [2.05, 4.69) is 15.3 Å². The minimum absolute atomic E-state index is 0.178. The summed E-state index contributed by atoms with van der Waals surface area (Å²) in [6.45, 7) is 2.67. The van der Waals surface area contributed by atoms with Gasteiger partial charge >= 0.3 is 5.97 Å². The Labute approximate surface area is 148 Å². The van der Waals surface area contributed by atoms with Crippen LogP contribution < -0.4 is 5.32 Å². The number of aromatic nitrogens is 2. The molecule has 0 amide bonds. The Balaban J connectivity index is 1.96. The van der Waals surface area contributed by atoms with E-state index in [1.807, 2.05) is 24.3 Å². The van der Waals surface area contributed by atoms with Gasteiger partial charge in [-0.2, -0.15) is 0 Å². The number of benzene rings is 1. The summed E-state index contributed by atoms with van der Waals surface area (Å²) in [5, 5.41) is 4.70. The average molecular weight is 372 g/mol. The van der Waals surface area contributed by atoms with E-state index in [1.54, 1.807) is 13.0 Å². The van der Waals surface area contributed by atoms with Crippen LogP contribution in [0.4, 0.5) is 5.95 Å². The third kappa shape index (κ3) is 6.25. The largest absolute Gasteiger partial charge is 0.465 e. The molecule has 122 valence electrons. The first kappa shape index (κ1) is 17.8. The molecule has 0 fully saturated rings. The third-order valence-corrected chi connectivity index (χ3v) is 4.01. The summed E-state index contributed by atoms with van der Waals surface area (Å²) in [6, 6.07) is 9.07. The minimum atomic E-state index is -0.289. The van der Waals surface area contributed by atoms with Gasteiger partial charge < -0.3 is 10.1 Å². The lowest BCUT2D eigenvalue weighted by atomic mass is 10.2. The first-order chi connectivity index (χ1) is 11.1. The zero-order chi connectivity index (χ0) is 16.7. The van der Waals surface area contributed by atoms with E-state index in [9.17, 15) is 4.79 Å². The summed E-state index contributed by atoms with van der Waals surface area (Å²) in [5.74, 6) is 0.291. The molecule has 23 heavy (non-hydrogen) atoms. The van der Waals surface area contributed by atoms with Crippen molar-refractivity contribution in [1.82, 2.24) is 9.97 Å². The van der Waals surface area contributed by atoms with Crippen molar-refractivity contribution in [3.63, 3.8) is 0 Å². The van der Waals surface area contributed by atoms with E-state index < -0.39 is 0 Å². The zero-order valence-corrected chi connectivity index (χ0v) is 14.7. The molecule has 1 aromatic carbocycles. The smallest absolute Gasteiger partial charge is 0.316 e. The van der Waals surface area contributed by atoms with Crippen molar-refractivity contribution in [2.75, 3.05) is 17.7 Å². The zero-order valence-electron chi connectivity index (χ0n) is 12.4. The molecule has 0 aliphatic rings. The van der Waals surface area contributed by atoms with E-state index in [0.717, 1.165) is 5.56 Å². The van der Waals surface area contributed by atoms with Crippen LogP contribution in [0.15, 0.2) is 35.4 Å². The van der Waals surface area contributed by atoms with Gasteiger partial charge in [0.25, 0.3) is 0 Å². The lowest BCUT2D eigenvalue weighted by molar-refractivity contribution is -0.139. The van der Waals surface area contributed by atoms with Gasteiger partial charge in [0.2, 0.25) is 5.95 Å². The van der Waals surface area contributed by atoms with E-state index in [0.29, 0.717) is 34.3 Å². The summed E-state index contributed by atoms with van der Waals surface area (Å²) in [4.78, 5) is 19.8. The molecule has 0 aliphatic carbocycles. The Morgan fingerprint density at radius 2 is 2.00 bits per heavy atom. The van der Waals surface area contributed by atoms with Gasteiger partial charge in [-0.05, 0) is 24.6 Å². The van der Waals surface area contributed by atoms with Crippen molar-refractivity contribution in [2.45, 2.75) is 18.5 Å². The fraction of sp³-hybridized carbons (Fsp3) is 0.267. The Kier molecular flexibility index (Phi) is 6.95. The van der Waals surface area contributed by atoms with E-state index in [1.165, 1.54) is 11.8 Å². The topological polar surface area (TPSA) is 64.1 Å². The number of thioether (sulfide) groups is 1. The molecule has 1 aromatic heterocycles.